The molecule has 16 heavy (non-hydrogen) atoms. The highest BCUT2D eigenvalue weighted by Gasteiger charge is 2.13. The number of nitrogens with zero attached hydrogens (tertiary/aromatic N) is 1. The molecule has 1 atom stereocenters. The molecule has 2 rings (SSSR count). The lowest BCUT2D eigenvalue weighted by atomic mass is 10.0. The molecule has 0 saturated heterocycles. The van der Waals surface area contributed by atoms with Gasteiger partial charge < -0.3 is 10.4 Å². The van der Waals surface area contributed by atoms with E-state index in [2.05, 4.69) is 26.2 Å². The van der Waals surface area contributed by atoms with Crippen molar-refractivity contribution >= 4 is 26.8 Å². The van der Waals surface area contributed by atoms with Crippen molar-refractivity contribution in [3.63, 3.8) is 0 Å². The van der Waals surface area contributed by atoms with Gasteiger partial charge in [-0.1, -0.05) is 28.1 Å². The maximum absolute atomic E-state index is 9.31. The molecule has 0 saturated carbocycles. The first kappa shape index (κ1) is 11.5. The first-order valence-electron chi connectivity index (χ1n) is 5.09. The van der Waals surface area contributed by atoms with Gasteiger partial charge in [-0.2, -0.15) is 0 Å². The van der Waals surface area contributed by atoms with E-state index in [0.29, 0.717) is 0 Å². The van der Waals surface area contributed by atoms with Gasteiger partial charge in [0.15, 0.2) is 0 Å². The molecule has 1 heterocycles. The Kier molecular flexibility index (Phi) is 3.53. The van der Waals surface area contributed by atoms with E-state index >= 15 is 0 Å². The van der Waals surface area contributed by atoms with Crippen LogP contribution in [0.2, 0.25) is 0 Å². The Hall–Kier alpha value is -0.970. The third-order valence-corrected chi connectivity index (χ3v) is 3.35. The van der Waals surface area contributed by atoms with Crippen LogP contribution in [0.25, 0.3) is 10.9 Å². The highest BCUT2D eigenvalue weighted by molar-refractivity contribution is 9.10. The summed E-state index contributed by atoms with van der Waals surface area (Å²) in [4.78, 5) is 4.38. The fraction of sp³-hybridized carbons (Fsp3) is 0.250. The Balaban J connectivity index is 2.66. The smallest absolute Gasteiger partial charge is 0.0761 e. The lowest BCUT2D eigenvalue weighted by Crippen LogP contribution is -2.20. The summed E-state index contributed by atoms with van der Waals surface area (Å²) >= 11 is 3.50. The summed E-state index contributed by atoms with van der Waals surface area (Å²) in [5, 5.41) is 13.4. The van der Waals surface area contributed by atoms with Gasteiger partial charge in [0.1, 0.15) is 0 Å². The van der Waals surface area contributed by atoms with Crippen LogP contribution in [0.3, 0.4) is 0 Å². The number of hydrogen-bond donors (Lipinski definition) is 2. The van der Waals surface area contributed by atoms with E-state index < -0.39 is 0 Å². The average molecular weight is 281 g/mol. The van der Waals surface area contributed by atoms with E-state index in [4.69, 9.17) is 0 Å². The number of pyridine rings is 1. The van der Waals surface area contributed by atoms with Gasteiger partial charge in [-0.05, 0) is 24.7 Å². The average Bonchev–Trinajstić information content (AvgIpc) is 2.34. The van der Waals surface area contributed by atoms with Crippen molar-refractivity contribution in [1.29, 1.82) is 0 Å². The number of nitrogens with one attached hydrogen (secondary N) is 1. The van der Waals surface area contributed by atoms with Crippen molar-refractivity contribution in [3.05, 3.63) is 40.5 Å². The number of aliphatic hydroxyl groups excluding tert-OH is 1. The molecule has 0 aliphatic rings. The van der Waals surface area contributed by atoms with Crippen molar-refractivity contribution in [2.24, 2.45) is 0 Å². The van der Waals surface area contributed by atoms with Crippen LogP contribution in [0.5, 0.6) is 0 Å². The Morgan fingerprint density at radius 3 is 2.94 bits per heavy atom. The summed E-state index contributed by atoms with van der Waals surface area (Å²) in [6, 6.07) is 7.81. The molecule has 0 bridgehead atoms. The van der Waals surface area contributed by atoms with Gasteiger partial charge in [-0.25, -0.2) is 0 Å². The van der Waals surface area contributed by atoms with Crippen LogP contribution in [0.4, 0.5) is 0 Å². The Labute approximate surface area is 103 Å². The number of aliphatic hydroxyl groups is 1. The van der Waals surface area contributed by atoms with Crippen LogP contribution in [-0.4, -0.2) is 23.7 Å². The molecule has 0 aliphatic heterocycles. The molecule has 2 N–H and O–H groups in total. The zero-order valence-corrected chi connectivity index (χ0v) is 10.5. The molecule has 0 fully saturated rings. The van der Waals surface area contributed by atoms with E-state index in [0.717, 1.165) is 20.9 Å². The Morgan fingerprint density at radius 2 is 2.25 bits per heavy atom. The van der Waals surface area contributed by atoms with Gasteiger partial charge in [-0.3, -0.25) is 4.98 Å². The van der Waals surface area contributed by atoms with Crippen molar-refractivity contribution in [2.75, 3.05) is 13.7 Å². The molecule has 0 aliphatic carbocycles. The predicted molar refractivity (Wildman–Crippen MR) is 68.3 cm³/mol. The van der Waals surface area contributed by atoms with Gasteiger partial charge >= 0.3 is 0 Å². The number of fused-ring (bicyclic) bond motifs is 1. The predicted octanol–water partition coefficient (Wildman–Crippen LogP) is 2.25. The molecule has 0 amide bonds. The van der Waals surface area contributed by atoms with Gasteiger partial charge in [0.25, 0.3) is 0 Å². The summed E-state index contributed by atoms with van der Waals surface area (Å²) in [5.74, 6) is 0. The third kappa shape index (κ3) is 1.96. The minimum atomic E-state index is -0.0782. The molecule has 4 heteroatoms. The van der Waals surface area contributed by atoms with Gasteiger partial charge in [0.05, 0.1) is 18.2 Å². The lowest BCUT2D eigenvalue weighted by Gasteiger charge is -2.15. The van der Waals surface area contributed by atoms with Crippen molar-refractivity contribution in [1.82, 2.24) is 10.3 Å². The Morgan fingerprint density at radius 1 is 1.44 bits per heavy atom. The normalized spacial score (nSPS) is 12.9. The maximum Gasteiger partial charge on any atom is 0.0761 e. The molecular formula is C12H13BrN2O. The molecular weight excluding hydrogens is 268 g/mol. The zero-order chi connectivity index (χ0) is 11.5. The van der Waals surface area contributed by atoms with Crippen LogP contribution >= 0.6 is 15.9 Å². The van der Waals surface area contributed by atoms with Crippen molar-refractivity contribution in [2.45, 2.75) is 6.04 Å². The van der Waals surface area contributed by atoms with Gasteiger partial charge in [0.2, 0.25) is 0 Å². The summed E-state index contributed by atoms with van der Waals surface area (Å²) in [7, 11) is 1.83. The standard InChI is InChI=1S/C12H13BrN2O/c1-14-11(7-16)9-4-5-10(13)8-3-2-6-15-12(8)9/h2-6,11,14,16H,7H2,1H3. The third-order valence-electron chi connectivity index (χ3n) is 2.65. The molecule has 0 radical (unpaired) electrons. The highest BCUT2D eigenvalue weighted by Crippen LogP contribution is 2.28. The molecule has 0 spiro atoms. The highest BCUT2D eigenvalue weighted by atomic mass is 79.9. The molecule has 1 aromatic carbocycles. The second-order valence-electron chi connectivity index (χ2n) is 3.56. The van der Waals surface area contributed by atoms with E-state index in [1.807, 2.05) is 31.3 Å². The molecule has 1 unspecified atom stereocenters. The monoisotopic (exact) mass is 280 g/mol. The van der Waals surface area contributed by atoms with Gasteiger partial charge in [-0.15, -0.1) is 0 Å². The van der Waals surface area contributed by atoms with E-state index in [1.54, 1.807) is 6.20 Å². The van der Waals surface area contributed by atoms with Crippen molar-refractivity contribution in [3.8, 4) is 0 Å². The van der Waals surface area contributed by atoms with E-state index in [-0.39, 0.29) is 12.6 Å². The fourth-order valence-electron chi connectivity index (χ4n) is 1.79. The first-order chi connectivity index (χ1) is 7.77. The summed E-state index contributed by atoms with van der Waals surface area (Å²) in [6.45, 7) is 0.0593. The number of hydrogen-bond acceptors (Lipinski definition) is 3. The SMILES string of the molecule is CNC(CO)c1ccc(Br)c2cccnc12. The molecule has 84 valence electrons. The number of likely N-dealkylation sites (N-methyl/N-ethyl adjacent to an activating group) is 1. The number of aromatic nitrogens is 1. The fourth-order valence-corrected chi connectivity index (χ4v) is 2.24. The molecule has 1 aromatic heterocycles. The van der Waals surface area contributed by atoms with Crippen LogP contribution in [0.1, 0.15) is 11.6 Å². The number of benzene rings is 1. The summed E-state index contributed by atoms with van der Waals surface area (Å²) in [5.41, 5.74) is 1.94. The zero-order valence-electron chi connectivity index (χ0n) is 8.94. The van der Waals surface area contributed by atoms with Crippen molar-refractivity contribution < 1.29 is 5.11 Å². The maximum atomic E-state index is 9.31. The molecule has 3 nitrogen and oxygen atoms in total. The quantitative estimate of drug-likeness (QED) is 0.907. The van der Waals surface area contributed by atoms with E-state index in [9.17, 15) is 5.11 Å². The lowest BCUT2D eigenvalue weighted by molar-refractivity contribution is 0.251. The Bertz CT molecular complexity index is 497. The van der Waals surface area contributed by atoms with Crippen LogP contribution in [-0.2, 0) is 0 Å². The summed E-state index contributed by atoms with van der Waals surface area (Å²) in [6.07, 6.45) is 1.77. The van der Waals surface area contributed by atoms with E-state index in [1.165, 1.54) is 0 Å². The summed E-state index contributed by atoms with van der Waals surface area (Å²) < 4.78 is 1.02. The molecule has 2 aromatic rings. The van der Waals surface area contributed by atoms with Crippen LogP contribution < -0.4 is 5.32 Å². The largest absolute Gasteiger partial charge is 0.394 e. The first-order valence-corrected chi connectivity index (χ1v) is 5.88. The minimum Gasteiger partial charge on any atom is -0.394 e. The number of rotatable bonds is 3. The van der Waals surface area contributed by atoms with Crippen LogP contribution in [0, 0.1) is 0 Å². The van der Waals surface area contributed by atoms with Crippen LogP contribution in [0.15, 0.2) is 34.9 Å². The second kappa shape index (κ2) is 4.91. The second-order valence-corrected chi connectivity index (χ2v) is 4.41. The van der Waals surface area contributed by atoms with Gasteiger partial charge in [0, 0.05) is 16.1 Å². The minimum absolute atomic E-state index is 0.0593. The number of halogens is 1. The topological polar surface area (TPSA) is 45.1 Å².